The number of hydrogen-bond acceptors (Lipinski definition) is 4. The Bertz CT molecular complexity index is 149. The van der Waals surface area contributed by atoms with Crippen molar-refractivity contribution in [3.05, 3.63) is 0 Å². The van der Waals surface area contributed by atoms with Gasteiger partial charge in [0.25, 0.3) is 0 Å². The van der Waals surface area contributed by atoms with Crippen LogP contribution in [0.5, 0.6) is 0 Å². The fourth-order valence-electron chi connectivity index (χ4n) is 0.908. The number of nitrogens with two attached hydrogens (primary N) is 2. The lowest BCUT2D eigenvalue weighted by Gasteiger charge is -2.14. The summed E-state index contributed by atoms with van der Waals surface area (Å²) in [7, 11) is 0. The number of rotatable bonds is 0. The minimum Gasteiger partial charge on any atom is -0.369 e. The smallest absolute Gasteiger partial charge is 0.206 e. The molecule has 0 bridgehead atoms. The summed E-state index contributed by atoms with van der Waals surface area (Å²) >= 11 is 0. The molecule has 0 amide bonds. The van der Waals surface area contributed by atoms with Gasteiger partial charge in [0.1, 0.15) is 0 Å². The summed E-state index contributed by atoms with van der Waals surface area (Å²) in [6.45, 7) is 4.69. The molecule has 9 heavy (non-hydrogen) atoms. The molecule has 1 rings (SSSR count). The van der Waals surface area contributed by atoms with Crippen molar-refractivity contribution in [3.8, 4) is 0 Å². The molecular formula is C5H12N4. The number of guanidine groups is 1. The molecule has 0 fully saturated rings. The summed E-state index contributed by atoms with van der Waals surface area (Å²) in [6.07, 6.45) is 0. The van der Waals surface area contributed by atoms with Gasteiger partial charge < -0.3 is 5.73 Å². The molecule has 0 radical (unpaired) electrons. The standard InChI is InChI=1S/C5H12N4/c1-5(2)3-9(7)4(6)8-5/h3,7H2,1-2H3,(H2,6,8). The molecule has 0 saturated heterocycles. The maximum atomic E-state index is 5.43. The van der Waals surface area contributed by atoms with E-state index in [1.807, 2.05) is 13.8 Å². The van der Waals surface area contributed by atoms with Gasteiger partial charge in [-0.15, -0.1) is 0 Å². The zero-order valence-corrected chi connectivity index (χ0v) is 5.76. The van der Waals surface area contributed by atoms with Crippen LogP contribution in [0.25, 0.3) is 0 Å². The first kappa shape index (κ1) is 6.35. The summed E-state index contributed by atoms with van der Waals surface area (Å²) < 4.78 is 0. The van der Waals surface area contributed by atoms with Crippen molar-refractivity contribution in [3.63, 3.8) is 0 Å². The third-order valence-electron chi connectivity index (χ3n) is 1.27. The third kappa shape index (κ3) is 1.13. The second-order valence-corrected chi connectivity index (χ2v) is 2.91. The number of nitrogens with zero attached hydrogens (tertiary/aromatic N) is 2. The molecule has 0 spiro atoms. The highest BCUT2D eigenvalue weighted by Gasteiger charge is 2.27. The Hall–Kier alpha value is -0.770. The van der Waals surface area contributed by atoms with E-state index >= 15 is 0 Å². The molecular weight excluding hydrogens is 116 g/mol. The average molecular weight is 128 g/mol. The van der Waals surface area contributed by atoms with E-state index < -0.39 is 0 Å². The highest BCUT2D eigenvalue weighted by Crippen LogP contribution is 2.14. The largest absolute Gasteiger partial charge is 0.369 e. The SMILES string of the molecule is CC1(C)CN(N)C(N)=N1. The monoisotopic (exact) mass is 128 g/mol. The molecule has 1 aliphatic heterocycles. The molecule has 4 nitrogen and oxygen atoms in total. The Morgan fingerprint density at radius 3 is 2.33 bits per heavy atom. The molecule has 0 atom stereocenters. The number of hydrazine groups is 1. The van der Waals surface area contributed by atoms with E-state index in [4.69, 9.17) is 11.6 Å². The minimum atomic E-state index is -0.0984. The molecule has 1 heterocycles. The molecule has 0 aromatic carbocycles. The van der Waals surface area contributed by atoms with E-state index in [0.717, 1.165) is 0 Å². The Kier molecular flexibility index (Phi) is 1.13. The first-order valence-corrected chi connectivity index (χ1v) is 2.89. The summed E-state index contributed by atoms with van der Waals surface area (Å²) in [4.78, 5) is 4.10. The molecule has 0 aromatic heterocycles. The van der Waals surface area contributed by atoms with Crippen LogP contribution in [0.4, 0.5) is 0 Å². The van der Waals surface area contributed by atoms with Gasteiger partial charge in [-0.3, -0.25) is 5.01 Å². The quantitative estimate of drug-likeness (QED) is 0.422. The fraction of sp³-hybridized carbons (Fsp3) is 0.800. The highest BCUT2D eigenvalue weighted by atomic mass is 15.5. The second kappa shape index (κ2) is 1.60. The van der Waals surface area contributed by atoms with E-state index in [-0.39, 0.29) is 5.54 Å². The lowest BCUT2D eigenvalue weighted by atomic mass is 10.1. The van der Waals surface area contributed by atoms with Gasteiger partial charge in [0.2, 0.25) is 5.96 Å². The maximum absolute atomic E-state index is 5.43. The molecule has 0 aromatic rings. The van der Waals surface area contributed by atoms with E-state index in [0.29, 0.717) is 12.5 Å². The van der Waals surface area contributed by atoms with Gasteiger partial charge in [0, 0.05) is 0 Å². The van der Waals surface area contributed by atoms with Crippen LogP contribution in [0.1, 0.15) is 13.8 Å². The normalized spacial score (nSPS) is 24.3. The van der Waals surface area contributed by atoms with Crippen LogP contribution in [0, 0.1) is 0 Å². The topological polar surface area (TPSA) is 67.6 Å². The van der Waals surface area contributed by atoms with Crippen LogP contribution in [0.3, 0.4) is 0 Å². The zero-order valence-electron chi connectivity index (χ0n) is 5.76. The lowest BCUT2D eigenvalue weighted by molar-refractivity contribution is 0.385. The predicted octanol–water partition coefficient (Wildman–Crippen LogP) is -0.731. The van der Waals surface area contributed by atoms with E-state index in [1.165, 1.54) is 5.01 Å². The van der Waals surface area contributed by atoms with Crippen molar-refractivity contribution in [1.82, 2.24) is 5.01 Å². The van der Waals surface area contributed by atoms with E-state index in [9.17, 15) is 0 Å². The Balaban J connectivity index is 2.74. The number of aliphatic imine (C=N–C) groups is 1. The van der Waals surface area contributed by atoms with Crippen LogP contribution in [0.2, 0.25) is 0 Å². The van der Waals surface area contributed by atoms with Crippen LogP contribution in [0.15, 0.2) is 4.99 Å². The lowest BCUT2D eigenvalue weighted by Crippen LogP contribution is -2.41. The fourth-order valence-corrected chi connectivity index (χ4v) is 0.908. The first-order chi connectivity index (χ1) is 4.01. The zero-order chi connectivity index (χ0) is 7.07. The summed E-state index contributed by atoms with van der Waals surface area (Å²) in [6, 6.07) is 0. The predicted molar refractivity (Wildman–Crippen MR) is 36.6 cm³/mol. The van der Waals surface area contributed by atoms with E-state index in [2.05, 4.69) is 4.99 Å². The van der Waals surface area contributed by atoms with Crippen molar-refractivity contribution in [2.45, 2.75) is 19.4 Å². The van der Waals surface area contributed by atoms with Gasteiger partial charge in [-0.2, -0.15) is 0 Å². The van der Waals surface area contributed by atoms with Crippen molar-refractivity contribution >= 4 is 5.96 Å². The summed E-state index contributed by atoms with van der Waals surface area (Å²) in [5, 5.41) is 1.46. The molecule has 1 aliphatic rings. The Morgan fingerprint density at radius 1 is 1.67 bits per heavy atom. The summed E-state index contributed by atoms with van der Waals surface area (Å²) in [5.41, 5.74) is 5.31. The highest BCUT2D eigenvalue weighted by molar-refractivity contribution is 5.79. The van der Waals surface area contributed by atoms with Gasteiger partial charge >= 0.3 is 0 Å². The van der Waals surface area contributed by atoms with Gasteiger partial charge in [-0.1, -0.05) is 0 Å². The van der Waals surface area contributed by atoms with Gasteiger partial charge in [0.15, 0.2) is 0 Å². The van der Waals surface area contributed by atoms with Gasteiger partial charge in [0.05, 0.1) is 12.1 Å². The van der Waals surface area contributed by atoms with Gasteiger partial charge in [-0.05, 0) is 13.8 Å². The number of hydrogen-bond donors (Lipinski definition) is 2. The maximum Gasteiger partial charge on any atom is 0.206 e. The van der Waals surface area contributed by atoms with Crippen LogP contribution < -0.4 is 11.6 Å². The second-order valence-electron chi connectivity index (χ2n) is 2.91. The van der Waals surface area contributed by atoms with Crippen molar-refractivity contribution in [2.24, 2.45) is 16.6 Å². The third-order valence-corrected chi connectivity index (χ3v) is 1.27. The molecule has 0 saturated carbocycles. The Morgan fingerprint density at radius 2 is 2.22 bits per heavy atom. The minimum absolute atomic E-state index is 0.0984. The van der Waals surface area contributed by atoms with Crippen LogP contribution in [-0.4, -0.2) is 23.1 Å². The first-order valence-electron chi connectivity index (χ1n) is 2.89. The molecule has 0 aliphatic carbocycles. The Labute approximate surface area is 54.5 Å². The van der Waals surface area contributed by atoms with Crippen LogP contribution in [-0.2, 0) is 0 Å². The van der Waals surface area contributed by atoms with Crippen molar-refractivity contribution in [2.75, 3.05) is 6.54 Å². The van der Waals surface area contributed by atoms with E-state index in [1.54, 1.807) is 0 Å². The average Bonchev–Trinajstić information content (AvgIpc) is 1.79. The molecule has 4 heteroatoms. The van der Waals surface area contributed by atoms with Crippen molar-refractivity contribution < 1.29 is 0 Å². The summed E-state index contributed by atoms with van der Waals surface area (Å²) in [5.74, 6) is 5.86. The molecule has 4 N–H and O–H groups in total. The van der Waals surface area contributed by atoms with Crippen LogP contribution >= 0.6 is 0 Å². The van der Waals surface area contributed by atoms with Crippen molar-refractivity contribution in [1.29, 1.82) is 0 Å². The molecule has 52 valence electrons. The van der Waals surface area contributed by atoms with Gasteiger partial charge in [-0.25, -0.2) is 10.8 Å². The molecule has 0 unspecified atom stereocenters.